The number of amides is 2. The van der Waals surface area contributed by atoms with E-state index in [0.717, 1.165) is 0 Å². The van der Waals surface area contributed by atoms with Crippen LogP contribution in [0.15, 0.2) is 29.2 Å². The summed E-state index contributed by atoms with van der Waals surface area (Å²) in [7, 11) is -1.75. The molecule has 0 bridgehead atoms. The van der Waals surface area contributed by atoms with E-state index in [4.69, 9.17) is 5.73 Å². The lowest BCUT2D eigenvalue weighted by molar-refractivity contribution is 0.255. The van der Waals surface area contributed by atoms with E-state index in [-0.39, 0.29) is 4.90 Å². The van der Waals surface area contributed by atoms with Crippen LogP contribution in [0.25, 0.3) is 0 Å². The van der Waals surface area contributed by atoms with Gasteiger partial charge >= 0.3 is 6.03 Å². The van der Waals surface area contributed by atoms with Crippen molar-refractivity contribution in [3.05, 3.63) is 24.3 Å². The third-order valence-electron chi connectivity index (χ3n) is 2.50. The lowest BCUT2D eigenvalue weighted by atomic mass is 10.3. The number of anilines is 1. The van der Waals surface area contributed by atoms with E-state index in [1.165, 1.54) is 24.1 Å². The first-order valence-corrected chi connectivity index (χ1v) is 6.68. The van der Waals surface area contributed by atoms with Crippen LogP contribution in [0.1, 0.15) is 13.8 Å². The van der Waals surface area contributed by atoms with Gasteiger partial charge in [0.25, 0.3) is 0 Å². The van der Waals surface area contributed by atoms with Gasteiger partial charge in [-0.15, -0.1) is 0 Å². The molecule has 0 heterocycles. The van der Waals surface area contributed by atoms with Crippen molar-refractivity contribution in [2.75, 3.05) is 11.9 Å². The van der Waals surface area contributed by atoms with Crippen molar-refractivity contribution in [2.24, 2.45) is 5.73 Å². The van der Waals surface area contributed by atoms with Crippen LogP contribution in [0.2, 0.25) is 0 Å². The molecule has 0 spiro atoms. The molecule has 1 rings (SSSR count). The Labute approximate surface area is 101 Å². The molecule has 0 unspecified atom stereocenters. The summed E-state index contributed by atoms with van der Waals surface area (Å²) in [6.45, 7) is 3.25. The number of hydrogen-bond acceptors (Lipinski definition) is 3. The Kier molecular flexibility index (Phi) is 3.77. The Hall–Kier alpha value is -1.56. The number of sulfone groups is 1. The third-order valence-corrected chi connectivity index (χ3v) is 4.67. The maximum absolute atomic E-state index is 11.8. The van der Waals surface area contributed by atoms with Crippen LogP contribution in [0.5, 0.6) is 0 Å². The number of nitrogens with two attached hydrogens (primary N) is 1. The van der Waals surface area contributed by atoms with E-state index >= 15 is 0 Å². The van der Waals surface area contributed by atoms with Crippen LogP contribution in [-0.2, 0) is 9.84 Å². The monoisotopic (exact) mass is 256 g/mol. The Morgan fingerprint density at radius 2 is 1.71 bits per heavy atom. The highest BCUT2D eigenvalue weighted by Gasteiger charge is 2.19. The van der Waals surface area contributed by atoms with Crippen molar-refractivity contribution in [2.45, 2.75) is 24.0 Å². The first kappa shape index (κ1) is 13.5. The summed E-state index contributed by atoms with van der Waals surface area (Å²) in [6, 6.07) is 5.47. The van der Waals surface area contributed by atoms with Crippen molar-refractivity contribution in [1.82, 2.24) is 0 Å². The third kappa shape index (κ3) is 2.76. The summed E-state index contributed by atoms with van der Waals surface area (Å²) in [5.41, 5.74) is 5.66. The molecule has 0 aliphatic heterocycles. The van der Waals surface area contributed by atoms with Gasteiger partial charge in [-0.25, -0.2) is 13.2 Å². The molecule has 0 aromatic heterocycles. The van der Waals surface area contributed by atoms with Gasteiger partial charge in [0, 0.05) is 12.7 Å². The van der Waals surface area contributed by atoms with Crippen LogP contribution in [0.3, 0.4) is 0 Å². The predicted molar refractivity (Wildman–Crippen MR) is 66.8 cm³/mol. The van der Waals surface area contributed by atoms with Crippen LogP contribution in [0, 0.1) is 0 Å². The van der Waals surface area contributed by atoms with E-state index in [9.17, 15) is 13.2 Å². The average molecular weight is 256 g/mol. The van der Waals surface area contributed by atoms with E-state index in [2.05, 4.69) is 0 Å². The van der Waals surface area contributed by atoms with Gasteiger partial charge in [0.05, 0.1) is 10.1 Å². The van der Waals surface area contributed by atoms with Crippen molar-refractivity contribution < 1.29 is 13.2 Å². The minimum Gasteiger partial charge on any atom is -0.351 e. The smallest absolute Gasteiger partial charge is 0.318 e. The predicted octanol–water partition coefficient (Wildman–Crippen LogP) is 1.38. The molecule has 0 atom stereocenters. The molecule has 5 nitrogen and oxygen atoms in total. The van der Waals surface area contributed by atoms with Crippen molar-refractivity contribution in [3.8, 4) is 0 Å². The Morgan fingerprint density at radius 3 is 2.06 bits per heavy atom. The van der Waals surface area contributed by atoms with Crippen LogP contribution in [-0.4, -0.2) is 26.7 Å². The standard InChI is InChI=1S/C11H16N2O3S/c1-8(2)17(15,16)10-6-4-9(5-7-10)13(3)11(12)14/h4-8H,1-3H3,(H2,12,14). The zero-order valence-electron chi connectivity index (χ0n) is 10.0. The molecule has 0 saturated heterocycles. The molecule has 2 N–H and O–H groups in total. The number of carbonyl (C=O) groups excluding carboxylic acids is 1. The Bertz CT molecular complexity index is 506. The zero-order chi connectivity index (χ0) is 13.2. The van der Waals surface area contributed by atoms with Gasteiger partial charge in [-0.05, 0) is 38.1 Å². The molecule has 1 aromatic carbocycles. The molecule has 94 valence electrons. The second kappa shape index (κ2) is 4.75. The van der Waals surface area contributed by atoms with E-state index < -0.39 is 21.1 Å². The molecule has 6 heteroatoms. The molecule has 17 heavy (non-hydrogen) atoms. The summed E-state index contributed by atoms with van der Waals surface area (Å²) in [5.74, 6) is 0. The number of hydrogen-bond donors (Lipinski definition) is 1. The molecular weight excluding hydrogens is 240 g/mol. The number of nitrogens with zero attached hydrogens (tertiary/aromatic N) is 1. The molecule has 0 fully saturated rings. The highest BCUT2D eigenvalue weighted by Crippen LogP contribution is 2.20. The first-order chi connectivity index (χ1) is 7.76. The van der Waals surface area contributed by atoms with E-state index in [0.29, 0.717) is 5.69 Å². The molecule has 0 aliphatic rings. The molecule has 1 aromatic rings. The van der Waals surface area contributed by atoms with Crippen LogP contribution < -0.4 is 10.6 Å². The van der Waals surface area contributed by atoms with Crippen molar-refractivity contribution >= 4 is 21.6 Å². The van der Waals surface area contributed by atoms with Crippen LogP contribution in [0.4, 0.5) is 10.5 Å². The summed E-state index contributed by atoms with van der Waals surface area (Å²) < 4.78 is 23.7. The van der Waals surface area contributed by atoms with Crippen molar-refractivity contribution in [3.63, 3.8) is 0 Å². The minimum absolute atomic E-state index is 0.245. The molecule has 0 radical (unpaired) electrons. The zero-order valence-corrected chi connectivity index (χ0v) is 10.9. The molecular formula is C11H16N2O3S. The van der Waals surface area contributed by atoms with Gasteiger partial charge in [-0.1, -0.05) is 0 Å². The van der Waals surface area contributed by atoms with E-state index in [1.807, 2.05) is 0 Å². The Balaban J connectivity index is 3.09. The number of urea groups is 1. The van der Waals surface area contributed by atoms with Gasteiger partial charge in [0.1, 0.15) is 0 Å². The van der Waals surface area contributed by atoms with Crippen molar-refractivity contribution in [1.29, 1.82) is 0 Å². The average Bonchev–Trinajstić information content (AvgIpc) is 2.27. The SMILES string of the molecule is CC(C)S(=O)(=O)c1ccc(N(C)C(N)=O)cc1. The molecule has 0 aliphatic carbocycles. The van der Waals surface area contributed by atoms with Gasteiger partial charge in [-0.3, -0.25) is 4.90 Å². The lowest BCUT2D eigenvalue weighted by Gasteiger charge is -2.15. The number of carbonyl (C=O) groups is 1. The quantitative estimate of drug-likeness (QED) is 0.887. The highest BCUT2D eigenvalue weighted by atomic mass is 32.2. The number of primary amides is 1. The second-order valence-corrected chi connectivity index (χ2v) is 6.49. The fourth-order valence-electron chi connectivity index (χ4n) is 1.26. The van der Waals surface area contributed by atoms with E-state index in [1.54, 1.807) is 26.0 Å². The van der Waals surface area contributed by atoms with Gasteiger partial charge in [-0.2, -0.15) is 0 Å². The van der Waals surface area contributed by atoms with Crippen LogP contribution >= 0.6 is 0 Å². The number of rotatable bonds is 3. The maximum Gasteiger partial charge on any atom is 0.318 e. The summed E-state index contributed by atoms with van der Waals surface area (Å²) in [5, 5.41) is -0.470. The second-order valence-electron chi connectivity index (χ2n) is 3.98. The van der Waals surface area contributed by atoms with Gasteiger partial charge in [0.2, 0.25) is 0 Å². The lowest BCUT2D eigenvalue weighted by Crippen LogP contribution is -2.31. The summed E-state index contributed by atoms with van der Waals surface area (Å²) in [6.07, 6.45) is 0. The Morgan fingerprint density at radius 1 is 1.24 bits per heavy atom. The largest absolute Gasteiger partial charge is 0.351 e. The normalized spacial score (nSPS) is 11.5. The van der Waals surface area contributed by atoms with Gasteiger partial charge < -0.3 is 5.73 Å². The molecule has 2 amide bonds. The number of benzene rings is 1. The highest BCUT2D eigenvalue weighted by molar-refractivity contribution is 7.92. The topological polar surface area (TPSA) is 80.5 Å². The fraction of sp³-hybridized carbons (Fsp3) is 0.364. The fourth-order valence-corrected chi connectivity index (χ4v) is 2.32. The maximum atomic E-state index is 11.8. The minimum atomic E-state index is -3.27. The summed E-state index contributed by atoms with van der Waals surface area (Å²) in [4.78, 5) is 12.4. The molecule has 0 saturated carbocycles. The summed E-state index contributed by atoms with van der Waals surface area (Å²) >= 11 is 0. The first-order valence-electron chi connectivity index (χ1n) is 5.14. The van der Waals surface area contributed by atoms with Gasteiger partial charge in [0.15, 0.2) is 9.84 Å².